The number of hydrogen-bond acceptors (Lipinski definition) is 7. The second-order valence-electron chi connectivity index (χ2n) is 9.43. The Morgan fingerprint density at radius 2 is 1.80 bits per heavy atom. The van der Waals surface area contributed by atoms with Crippen LogP contribution in [0.3, 0.4) is 0 Å². The summed E-state index contributed by atoms with van der Waals surface area (Å²) >= 11 is 0. The third-order valence-electron chi connectivity index (χ3n) is 6.74. The Morgan fingerprint density at radius 3 is 2.51 bits per heavy atom. The van der Waals surface area contributed by atoms with Crippen LogP contribution in [0.5, 0.6) is 11.5 Å². The molecule has 0 bridgehead atoms. The lowest BCUT2D eigenvalue weighted by Gasteiger charge is -2.37. The number of aromatic nitrogens is 1. The second-order valence-corrected chi connectivity index (χ2v) is 9.43. The average Bonchev–Trinajstić information content (AvgIpc) is 3.32. The lowest BCUT2D eigenvalue weighted by atomic mass is 10.1. The summed E-state index contributed by atoms with van der Waals surface area (Å²) in [6.07, 6.45) is 1.13. The van der Waals surface area contributed by atoms with Crippen molar-refractivity contribution < 1.29 is 14.0 Å². The number of ether oxygens (including phenoxy) is 2. The molecule has 1 aliphatic rings. The molecule has 2 heterocycles. The summed E-state index contributed by atoms with van der Waals surface area (Å²) in [7, 11) is 5.40. The van der Waals surface area contributed by atoms with Crippen LogP contribution in [0.15, 0.2) is 47.0 Å². The molecule has 0 spiro atoms. The van der Waals surface area contributed by atoms with E-state index in [1.807, 2.05) is 24.3 Å². The van der Waals surface area contributed by atoms with Crippen molar-refractivity contribution in [3.05, 3.63) is 59.4 Å². The zero-order chi connectivity index (χ0) is 24.8. The van der Waals surface area contributed by atoms with Gasteiger partial charge in [0, 0.05) is 43.5 Å². The highest BCUT2D eigenvalue weighted by molar-refractivity contribution is 5.71. The number of piperazine rings is 1. The fourth-order valence-corrected chi connectivity index (χ4v) is 4.89. The maximum Gasteiger partial charge on any atom is 0.170 e. The maximum absolute atomic E-state index is 5.63. The molecule has 0 N–H and O–H groups in total. The standard InChI is InChI=1S/C28H38N4O3/c1-21-10-11-26(22(2)18-21)32-16-14-31(15-17-32)13-7-12-30(3)20-23-19-25(29-35-23)24-8-6-9-27(33-4)28(24)34-5/h6,8-11,18-19H,7,12-17,20H2,1-5H3. The van der Waals surface area contributed by atoms with Crippen LogP contribution in [0, 0.1) is 13.8 Å². The van der Waals surface area contributed by atoms with Crippen LogP contribution in [0.25, 0.3) is 11.3 Å². The molecule has 0 saturated carbocycles. The summed E-state index contributed by atoms with van der Waals surface area (Å²) in [5.41, 5.74) is 5.71. The highest BCUT2D eigenvalue weighted by Gasteiger charge is 2.19. The van der Waals surface area contributed by atoms with Crippen LogP contribution < -0.4 is 14.4 Å². The van der Waals surface area contributed by atoms with E-state index < -0.39 is 0 Å². The van der Waals surface area contributed by atoms with Gasteiger partial charge in [0.25, 0.3) is 0 Å². The van der Waals surface area contributed by atoms with Gasteiger partial charge in [-0.05, 0) is 64.2 Å². The predicted octanol–water partition coefficient (Wildman–Crippen LogP) is 4.62. The fraction of sp³-hybridized carbons (Fsp3) is 0.464. The van der Waals surface area contributed by atoms with Crippen molar-refractivity contribution in [2.45, 2.75) is 26.8 Å². The van der Waals surface area contributed by atoms with Crippen LogP contribution in [0.1, 0.15) is 23.3 Å². The summed E-state index contributed by atoms with van der Waals surface area (Å²) in [4.78, 5) is 7.39. The van der Waals surface area contributed by atoms with Crippen molar-refractivity contribution in [2.24, 2.45) is 0 Å². The zero-order valence-electron chi connectivity index (χ0n) is 21.7. The number of para-hydroxylation sites is 1. The normalized spacial score (nSPS) is 14.5. The van der Waals surface area contributed by atoms with E-state index in [1.54, 1.807) is 14.2 Å². The Labute approximate surface area is 209 Å². The largest absolute Gasteiger partial charge is 0.493 e. The van der Waals surface area contributed by atoms with Gasteiger partial charge in [-0.15, -0.1) is 0 Å². The van der Waals surface area contributed by atoms with Gasteiger partial charge < -0.3 is 18.9 Å². The first-order valence-corrected chi connectivity index (χ1v) is 12.4. The first kappa shape index (κ1) is 25.1. The summed E-state index contributed by atoms with van der Waals surface area (Å²) in [5.74, 6) is 2.19. The quantitative estimate of drug-likeness (QED) is 0.421. The van der Waals surface area contributed by atoms with Crippen LogP contribution in [-0.4, -0.2) is 75.5 Å². The average molecular weight is 479 g/mol. The first-order valence-electron chi connectivity index (χ1n) is 12.4. The Morgan fingerprint density at radius 1 is 1.00 bits per heavy atom. The molecule has 1 saturated heterocycles. The molecule has 3 aromatic rings. The molecular weight excluding hydrogens is 440 g/mol. The van der Waals surface area contributed by atoms with Crippen molar-refractivity contribution in [2.75, 3.05) is 65.4 Å². The van der Waals surface area contributed by atoms with E-state index in [4.69, 9.17) is 14.0 Å². The topological polar surface area (TPSA) is 54.2 Å². The zero-order valence-corrected chi connectivity index (χ0v) is 21.7. The van der Waals surface area contributed by atoms with Gasteiger partial charge in [-0.2, -0.15) is 0 Å². The van der Waals surface area contributed by atoms with Crippen LogP contribution in [0.2, 0.25) is 0 Å². The molecule has 4 rings (SSSR count). The van der Waals surface area contributed by atoms with Crippen molar-refractivity contribution in [3.8, 4) is 22.8 Å². The Kier molecular flexibility index (Phi) is 8.31. The minimum absolute atomic E-state index is 0.667. The summed E-state index contributed by atoms with van der Waals surface area (Å²) in [6.45, 7) is 11.6. The molecule has 0 radical (unpaired) electrons. The molecule has 1 aliphatic heterocycles. The van der Waals surface area contributed by atoms with E-state index in [0.717, 1.165) is 69.3 Å². The Bertz CT molecular complexity index is 1110. The highest BCUT2D eigenvalue weighted by Crippen LogP contribution is 2.37. The second kappa shape index (κ2) is 11.6. The Balaban J connectivity index is 1.22. The predicted molar refractivity (Wildman–Crippen MR) is 141 cm³/mol. The minimum atomic E-state index is 0.667. The fourth-order valence-electron chi connectivity index (χ4n) is 4.89. The molecule has 1 aromatic heterocycles. The van der Waals surface area contributed by atoms with E-state index in [-0.39, 0.29) is 0 Å². The molecule has 0 aliphatic carbocycles. The van der Waals surface area contributed by atoms with Gasteiger partial charge in [0.1, 0.15) is 5.69 Å². The van der Waals surface area contributed by atoms with Gasteiger partial charge in [0.2, 0.25) is 0 Å². The number of rotatable bonds is 10. The summed E-state index contributed by atoms with van der Waals surface area (Å²) in [6, 6.07) is 14.5. The van der Waals surface area contributed by atoms with E-state index in [1.165, 1.54) is 16.8 Å². The molecule has 0 atom stereocenters. The van der Waals surface area contributed by atoms with E-state index in [2.05, 4.69) is 59.0 Å². The van der Waals surface area contributed by atoms with E-state index >= 15 is 0 Å². The van der Waals surface area contributed by atoms with Crippen LogP contribution in [-0.2, 0) is 6.54 Å². The van der Waals surface area contributed by atoms with Crippen LogP contribution >= 0.6 is 0 Å². The minimum Gasteiger partial charge on any atom is -0.493 e. The van der Waals surface area contributed by atoms with E-state index in [0.29, 0.717) is 11.5 Å². The number of aryl methyl sites for hydroxylation is 2. The van der Waals surface area contributed by atoms with Crippen LogP contribution in [0.4, 0.5) is 5.69 Å². The lowest BCUT2D eigenvalue weighted by molar-refractivity contribution is 0.223. The van der Waals surface area contributed by atoms with Gasteiger partial charge >= 0.3 is 0 Å². The molecule has 0 unspecified atom stereocenters. The van der Waals surface area contributed by atoms with Crippen molar-refractivity contribution in [1.82, 2.24) is 15.0 Å². The van der Waals surface area contributed by atoms with Crippen molar-refractivity contribution in [3.63, 3.8) is 0 Å². The third-order valence-corrected chi connectivity index (χ3v) is 6.74. The number of methoxy groups -OCH3 is 2. The summed E-state index contributed by atoms with van der Waals surface area (Å²) < 4.78 is 16.6. The SMILES string of the molecule is COc1cccc(-c2cc(CN(C)CCCN3CCN(c4ccc(C)cc4C)CC3)on2)c1OC. The monoisotopic (exact) mass is 478 g/mol. The highest BCUT2D eigenvalue weighted by atomic mass is 16.5. The number of hydrogen-bond donors (Lipinski definition) is 0. The molecule has 7 nitrogen and oxygen atoms in total. The van der Waals surface area contributed by atoms with Crippen molar-refractivity contribution >= 4 is 5.69 Å². The van der Waals surface area contributed by atoms with Crippen molar-refractivity contribution in [1.29, 1.82) is 0 Å². The van der Waals surface area contributed by atoms with Gasteiger partial charge in [-0.25, -0.2) is 0 Å². The maximum atomic E-state index is 5.63. The van der Waals surface area contributed by atoms with Gasteiger partial charge in [0.15, 0.2) is 17.3 Å². The lowest BCUT2D eigenvalue weighted by Crippen LogP contribution is -2.47. The van der Waals surface area contributed by atoms with Gasteiger partial charge in [-0.1, -0.05) is 28.9 Å². The number of benzene rings is 2. The molecule has 0 amide bonds. The molecule has 188 valence electrons. The smallest absolute Gasteiger partial charge is 0.170 e. The molecule has 35 heavy (non-hydrogen) atoms. The van der Waals surface area contributed by atoms with E-state index in [9.17, 15) is 0 Å². The molecular formula is C28H38N4O3. The Hall–Kier alpha value is -3.03. The molecule has 7 heteroatoms. The molecule has 2 aromatic carbocycles. The number of nitrogens with zero attached hydrogens (tertiary/aromatic N) is 4. The molecule has 1 fully saturated rings. The summed E-state index contributed by atoms with van der Waals surface area (Å²) in [5, 5.41) is 4.27. The first-order chi connectivity index (χ1) is 17.0. The number of anilines is 1. The third kappa shape index (κ3) is 6.16. The van der Waals surface area contributed by atoms with Gasteiger partial charge in [-0.3, -0.25) is 9.80 Å². The van der Waals surface area contributed by atoms with Gasteiger partial charge in [0.05, 0.1) is 20.8 Å².